The molecule has 29 heavy (non-hydrogen) atoms. The van der Waals surface area contributed by atoms with E-state index in [1.165, 1.54) is 6.20 Å². The van der Waals surface area contributed by atoms with Crippen LogP contribution < -0.4 is 10.1 Å². The molecule has 1 amide bonds. The van der Waals surface area contributed by atoms with E-state index in [1.54, 1.807) is 36.2 Å². The van der Waals surface area contributed by atoms with Crippen LogP contribution in [0, 0.1) is 0 Å². The van der Waals surface area contributed by atoms with E-state index in [9.17, 15) is 13.2 Å². The van der Waals surface area contributed by atoms with Gasteiger partial charge in [0, 0.05) is 24.0 Å². The second-order valence-electron chi connectivity index (χ2n) is 6.84. The van der Waals surface area contributed by atoms with Gasteiger partial charge in [0.2, 0.25) is 0 Å². The summed E-state index contributed by atoms with van der Waals surface area (Å²) in [5, 5.41) is 7.46. The molecule has 4 rings (SSSR count). The number of aromatic nitrogens is 3. The number of nitrogens with zero attached hydrogens (tertiary/aromatic N) is 3. The molecule has 0 radical (unpaired) electrons. The van der Waals surface area contributed by atoms with Crippen LogP contribution in [0.5, 0.6) is 5.75 Å². The zero-order valence-electron chi connectivity index (χ0n) is 15.8. The van der Waals surface area contributed by atoms with E-state index < -0.39 is 9.84 Å². The number of carbonyl (C=O) groups is 1. The first-order chi connectivity index (χ1) is 13.9. The summed E-state index contributed by atoms with van der Waals surface area (Å²) >= 11 is 0. The highest BCUT2D eigenvalue weighted by Gasteiger charge is 2.32. The Morgan fingerprint density at radius 2 is 2.03 bits per heavy atom. The van der Waals surface area contributed by atoms with Crippen molar-refractivity contribution >= 4 is 21.6 Å². The number of ether oxygens (including phenoxy) is 1. The summed E-state index contributed by atoms with van der Waals surface area (Å²) < 4.78 is 30.7. The first-order valence-corrected chi connectivity index (χ1v) is 10.9. The SMILES string of the molecule is COc1ccc(-c2cc(NC(=O)c3cccnc3)n(C3CCS(=O)(=O)C3)n2)cc1. The maximum Gasteiger partial charge on any atom is 0.258 e. The quantitative estimate of drug-likeness (QED) is 0.691. The molecule has 1 atom stereocenters. The Morgan fingerprint density at radius 1 is 1.24 bits per heavy atom. The van der Waals surface area contributed by atoms with Gasteiger partial charge < -0.3 is 10.1 Å². The van der Waals surface area contributed by atoms with Crippen molar-refractivity contribution < 1.29 is 17.9 Å². The molecule has 0 aliphatic carbocycles. The molecule has 1 unspecified atom stereocenters. The minimum Gasteiger partial charge on any atom is -0.497 e. The van der Waals surface area contributed by atoms with Crippen molar-refractivity contribution in [2.24, 2.45) is 0 Å². The lowest BCUT2D eigenvalue weighted by Crippen LogP contribution is -2.19. The Bertz CT molecular complexity index is 1130. The first-order valence-electron chi connectivity index (χ1n) is 9.11. The highest BCUT2D eigenvalue weighted by atomic mass is 32.2. The third-order valence-electron chi connectivity index (χ3n) is 4.84. The van der Waals surface area contributed by atoms with Crippen molar-refractivity contribution in [1.29, 1.82) is 0 Å². The Hall–Kier alpha value is -3.20. The zero-order valence-corrected chi connectivity index (χ0v) is 16.6. The third-order valence-corrected chi connectivity index (χ3v) is 6.59. The van der Waals surface area contributed by atoms with E-state index >= 15 is 0 Å². The standard InChI is InChI=1S/C20H20N4O4S/c1-28-17-6-4-14(5-7-17)18-11-19(22-20(25)15-3-2-9-21-12-15)24(23-18)16-8-10-29(26,27)13-16/h2-7,9,11-12,16H,8,10,13H2,1H3,(H,22,25). The lowest BCUT2D eigenvalue weighted by atomic mass is 10.1. The average Bonchev–Trinajstić information content (AvgIpc) is 3.31. The molecule has 9 heteroatoms. The molecule has 1 fully saturated rings. The van der Waals surface area contributed by atoms with Crippen molar-refractivity contribution in [3.8, 4) is 17.0 Å². The molecule has 0 saturated carbocycles. The van der Waals surface area contributed by atoms with Gasteiger partial charge in [0.1, 0.15) is 11.6 Å². The summed E-state index contributed by atoms with van der Waals surface area (Å²) in [5.74, 6) is 0.964. The van der Waals surface area contributed by atoms with Crippen molar-refractivity contribution in [3.05, 3.63) is 60.4 Å². The molecule has 150 valence electrons. The molecule has 1 aromatic carbocycles. The molecule has 1 aliphatic rings. The number of benzene rings is 1. The number of hydrogen-bond donors (Lipinski definition) is 1. The lowest BCUT2D eigenvalue weighted by molar-refractivity contribution is 0.102. The number of hydrogen-bond acceptors (Lipinski definition) is 6. The van der Waals surface area contributed by atoms with Gasteiger partial charge in [0.25, 0.3) is 5.91 Å². The van der Waals surface area contributed by atoms with E-state index in [4.69, 9.17) is 4.74 Å². The van der Waals surface area contributed by atoms with Crippen LogP contribution in [0.1, 0.15) is 22.8 Å². The van der Waals surface area contributed by atoms with Gasteiger partial charge in [-0.25, -0.2) is 13.1 Å². The predicted molar refractivity (Wildman–Crippen MR) is 109 cm³/mol. The number of amides is 1. The summed E-state index contributed by atoms with van der Waals surface area (Å²) in [7, 11) is -1.51. The fourth-order valence-electron chi connectivity index (χ4n) is 3.32. The van der Waals surface area contributed by atoms with Crippen molar-refractivity contribution in [2.75, 3.05) is 23.9 Å². The Morgan fingerprint density at radius 3 is 2.66 bits per heavy atom. The summed E-state index contributed by atoms with van der Waals surface area (Å²) in [4.78, 5) is 16.6. The molecular weight excluding hydrogens is 392 g/mol. The fourth-order valence-corrected chi connectivity index (χ4v) is 5.01. The van der Waals surface area contributed by atoms with Gasteiger partial charge in [-0.3, -0.25) is 9.78 Å². The smallest absolute Gasteiger partial charge is 0.258 e. The minimum atomic E-state index is -3.11. The van der Waals surface area contributed by atoms with E-state index in [1.807, 2.05) is 24.3 Å². The molecule has 3 aromatic rings. The van der Waals surface area contributed by atoms with Gasteiger partial charge in [-0.1, -0.05) is 0 Å². The van der Waals surface area contributed by atoms with Gasteiger partial charge in [0.15, 0.2) is 9.84 Å². The van der Waals surface area contributed by atoms with Gasteiger partial charge in [-0.05, 0) is 42.8 Å². The van der Waals surface area contributed by atoms with Crippen LogP contribution in [0.25, 0.3) is 11.3 Å². The second-order valence-corrected chi connectivity index (χ2v) is 9.07. The van der Waals surface area contributed by atoms with E-state index in [-0.39, 0.29) is 23.5 Å². The molecule has 3 heterocycles. The number of methoxy groups -OCH3 is 1. The molecule has 0 bridgehead atoms. The molecule has 0 spiro atoms. The fraction of sp³-hybridized carbons (Fsp3) is 0.250. The molecule has 1 N–H and O–H groups in total. The second kappa shape index (κ2) is 7.67. The number of pyridine rings is 1. The van der Waals surface area contributed by atoms with Crippen LogP contribution in [0.4, 0.5) is 5.82 Å². The van der Waals surface area contributed by atoms with Crippen LogP contribution >= 0.6 is 0 Å². The van der Waals surface area contributed by atoms with Crippen molar-refractivity contribution in [1.82, 2.24) is 14.8 Å². The molecule has 2 aromatic heterocycles. The lowest BCUT2D eigenvalue weighted by Gasteiger charge is -2.13. The summed E-state index contributed by atoms with van der Waals surface area (Å²) in [6.07, 6.45) is 3.52. The Balaban J connectivity index is 1.69. The number of sulfone groups is 1. The number of nitrogens with one attached hydrogen (secondary N) is 1. The molecule has 1 aliphatic heterocycles. The molecule has 1 saturated heterocycles. The summed E-state index contributed by atoms with van der Waals surface area (Å²) in [6, 6.07) is 12.1. The van der Waals surface area contributed by atoms with Crippen LogP contribution in [0.2, 0.25) is 0 Å². The average molecular weight is 412 g/mol. The summed E-state index contributed by atoms with van der Waals surface area (Å²) in [6.45, 7) is 0. The zero-order chi connectivity index (χ0) is 20.4. The van der Waals surface area contributed by atoms with Crippen LogP contribution in [-0.2, 0) is 9.84 Å². The normalized spacial score (nSPS) is 17.8. The van der Waals surface area contributed by atoms with E-state index in [0.29, 0.717) is 23.5 Å². The topological polar surface area (TPSA) is 103 Å². The highest BCUT2D eigenvalue weighted by molar-refractivity contribution is 7.91. The Kier molecular flexibility index (Phi) is 5.06. The Labute approximate surface area is 168 Å². The number of anilines is 1. The van der Waals surface area contributed by atoms with Crippen LogP contribution in [-0.4, -0.2) is 47.7 Å². The number of rotatable bonds is 5. The predicted octanol–water partition coefficient (Wildman–Crippen LogP) is 2.57. The monoisotopic (exact) mass is 412 g/mol. The van der Waals surface area contributed by atoms with Gasteiger partial charge in [0.05, 0.1) is 35.9 Å². The van der Waals surface area contributed by atoms with Crippen molar-refractivity contribution in [3.63, 3.8) is 0 Å². The van der Waals surface area contributed by atoms with Crippen LogP contribution in [0.15, 0.2) is 54.9 Å². The number of carbonyl (C=O) groups excluding carboxylic acids is 1. The van der Waals surface area contributed by atoms with Gasteiger partial charge in [-0.2, -0.15) is 5.10 Å². The van der Waals surface area contributed by atoms with E-state index in [2.05, 4.69) is 15.4 Å². The van der Waals surface area contributed by atoms with Gasteiger partial charge in [-0.15, -0.1) is 0 Å². The molecule has 8 nitrogen and oxygen atoms in total. The third kappa shape index (κ3) is 4.14. The largest absolute Gasteiger partial charge is 0.497 e. The highest BCUT2D eigenvalue weighted by Crippen LogP contribution is 2.31. The van der Waals surface area contributed by atoms with Crippen molar-refractivity contribution in [2.45, 2.75) is 12.5 Å². The van der Waals surface area contributed by atoms with Gasteiger partial charge >= 0.3 is 0 Å². The maximum absolute atomic E-state index is 12.6. The van der Waals surface area contributed by atoms with Crippen LogP contribution in [0.3, 0.4) is 0 Å². The first kappa shape index (κ1) is 19.1. The van der Waals surface area contributed by atoms with E-state index in [0.717, 1.165) is 11.3 Å². The maximum atomic E-state index is 12.6. The molecular formula is C20H20N4O4S. The summed E-state index contributed by atoms with van der Waals surface area (Å²) in [5.41, 5.74) is 1.88. The minimum absolute atomic E-state index is 0.00644.